The Morgan fingerprint density at radius 3 is 2.05 bits per heavy atom. The Hall–Kier alpha value is -0.960. The van der Waals surface area contributed by atoms with Gasteiger partial charge in [-0.2, -0.15) is 8.42 Å². The van der Waals surface area contributed by atoms with Crippen LogP contribution in [-0.2, 0) is 25.9 Å². The predicted octanol–water partition coefficient (Wildman–Crippen LogP) is 1.21. The summed E-state index contributed by atoms with van der Waals surface area (Å²) in [6.45, 7) is 1.02. The van der Waals surface area contributed by atoms with E-state index in [1.165, 1.54) is 10.6 Å². The van der Waals surface area contributed by atoms with Gasteiger partial charge in [-0.1, -0.05) is 24.3 Å². The number of hydrogen-bond acceptors (Lipinski definition) is 4. The van der Waals surface area contributed by atoms with E-state index in [0.717, 1.165) is 18.4 Å². The lowest BCUT2D eigenvalue weighted by Crippen LogP contribution is -2.37. The summed E-state index contributed by atoms with van der Waals surface area (Å²) in [6.07, 6.45) is 2.73. The number of sulfonamides is 1. The highest BCUT2D eigenvalue weighted by molar-refractivity contribution is 7.88. The third-order valence-electron chi connectivity index (χ3n) is 3.72. The molecule has 0 radical (unpaired) electrons. The van der Waals surface area contributed by atoms with E-state index in [1.807, 2.05) is 12.1 Å². The van der Waals surface area contributed by atoms with E-state index < -0.39 is 20.1 Å². The number of rotatable bonds is 4. The molecule has 118 valence electrons. The maximum absolute atomic E-state index is 11.5. The quantitative estimate of drug-likeness (QED) is 0.836. The van der Waals surface area contributed by atoms with Crippen LogP contribution in [0.4, 0.5) is 0 Å². The summed E-state index contributed by atoms with van der Waals surface area (Å²) >= 11 is 0. The number of benzene rings is 1. The summed E-state index contributed by atoms with van der Waals surface area (Å²) in [5, 5.41) is 0. The Morgan fingerprint density at radius 2 is 1.62 bits per heavy atom. The molecule has 21 heavy (non-hydrogen) atoms. The highest BCUT2D eigenvalue weighted by Gasteiger charge is 2.25. The summed E-state index contributed by atoms with van der Waals surface area (Å²) in [5.41, 5.74) is 1.61. The van der Waals surface area contributed by atoms with Crippen molar-refractivity contribution in [3.63, 3.8) is 0 Å². The van der Waals surface area contributed by atoms with Crippen LogP contribution in [-0.4, -0.2) is 45.0 Å². The number of hydrogen-bond donors (Lipinski definition) is 1. The Labute approximate surface area is 125 Å². The Balaban J connectivity index is 2.01. The largest absolute Gasteiger partial charge is 0.285 e. The SMILES string of the molecule is CS(=O)(=O)N1CCC(c2ccc(CS(=O)(=O)O)cc2)CC1. The Kier molecular flexibility index (Phi) is 4.72. The van der Waals surface area contributed by atoms with Crippen molar-refractivity contribution in [2.45, 2.75) is 24.5 Å². The lowest BCUT2D eigenvalue weighted by molar-refractivity contribution is 0.321. The minimum atomic E-state index is -4.01. The molecule has 1 heterocycles. The molecule has 0 aliphatic carbocycles. The monoisotopic (exact) mass is 333 g/mol. The highest BCUT2D eigenvalue weighted by atomic mass is 32.2. The van der Waals surface area contributed by atoms with E-state index >= 15 is 0 Å². The van der Waals surface area contributed by atoms with Crippen LogP contribution in [0.25, 0.3) is 0 Å². The Bertz CT molecular complexity index is 687. The second-order valence-electron chi connectivity index (χ2n) is 5.40. The zero-order valence-corrected chi connectivity index (χ0v) is 13.4. The smallest absolute Gasteiger partial charge is 0.269 e. The molecule has 1 N–H and O–H groups in total. The average Bonchev–Trinajstić information content (AvgIpc) is 2.37. The summed E-state index contributed by atoms with van der Waals surface area (Å²) in [5.74, 6) is -0.109. The fourth-order valence-electron chi connectivity index (χ4n) is 2.62. The second kappa shape index (κ2) is 6.04. The standard InChI is InChI=1S/C13H19NO5S2/c1-20(15,16)14-8-6-13(7-9-14)12-4-2-11(3-5-12)10-21(17,18)19/h2-5,13H,6-10H2,1H3,(H,17,18,19). The first-order chi connectivity index (χ1) is 9.65. The van der Waals surface area contributed by atoms with Crippen LogP contribution in [0.2, 0.25) is 0 Å². The predicted molar refractivity (Wildman–Crippen MR) is 80.1 cm³/mol. The van der Waals surface area contributed by atoms with Gasteiger partial charge >= 0.3 is 0 Å². The van der Waals surface area contributed by atoms with Crippen molar-refractivity contribution >= 4 is 20.1 Å². The van der Waals surface area contributed by atoms with Gasteiger partial charge in [0.1, 0.15) is 5.75 Å². The molecule has 0 saturated carbocycles. The van der Waals surface area contributed by atoms with Gasteiger partial charge in [0, 0.05) is 13.1 Å². The molecule has 0 aromatic heterocycles. The summed E-state index contributed by atoms with van der Waals surface area (Å²) < 4.78 is 54.8. The van der Waals surface area contributed by atoms with Crippen LogP contribution in [0.5, 0.6) is 0 Å². The van der Waals surface area contributed by atoms with Crippen LogP contribution in [0, 0.1) is 0 Å². The van der Waals surface area contributed by atoms with Gasteiger partial charge in [-0.3, -0.25) is 4.55 Å². The van der Waals surface area contributed by atoms with Gasteiger partial charge in [0.25, 0.3) is 10.1 Å². The lowest BCUT2D eigenvalue weighted by atomic mass is 9.90. The number of piperidine rings is 1. The van der Waals surface area contributed by atoms with Crippen molar-refractivity contribution in [2.75, 3.05) is 19.3 Å². The van der Waals surface area contributed by atoms with Gasteiger partial charge in [-0.05, 0) is 29.9 Å². The van der Waals surface area contributed by atoms with Crippen LogP contribution < -0.4 is 0 Å². The second-order valence-corrected chi connectivity index (χ2v) is 8.84. The first-order valence-electron chi connectivity index (χ1n) is 6.64. The van der Waals surface area contributed by atoms with Gasteiger partial charge < -0.3 is 0 Å². The molecular formula is C13H19NO5S2. The van der Waals surface area contributed by atoms with E-state index in [0.29, 0.717) is 18.7 Å². The molecule has 1 aromatic rings. The molecule has 6 nitrogen and oxygen atoms in total. The van der Waals surface area contributed by atoms with E-state index in [4.69, 9.17) is 4.55 Å². The van der Waals surface area contributed by atoms with Gasteiger partial charge in [-0.25, -0.2) is 12.7 Å². The normalized spacial score (nSPS) is 18.8. The molecule has 1 aliphatic heterocycles. The zero-order chi connectivity index (χ0) is 15.7. The third-order valence-corrected chi connectivity index (χ3v) is 5.72. The van der Waals surface area contributed by atoms with E-state index in [2.05, 4.69) is 0 Å². The van der Waals surface area contributed by atoms with Crippen molar-refractivity contribution < 1.29 is 21.4 Å². The molecule has 0 unspecified atom stereocenters. The van der Waals surface area contributed by atoms with Crippen molar-refractivity contribution in [1.82, 2.24) is 4.31 Å². The van der Waals surface area contributed by atoms with Crippen molar-refractivity contribution in [1.29, 1.82) is 0 Å². The van der Waals surface area contributed by atoms with Crippen molar-refractivity contribution in [3.05, 3.63) is 35.4 Å². The average molecular weight is 333 g/mol. The van der Waals surface area contributed by atoms with Crippen LogP contribution >= 0.6 is 0 Å². The first kappa shape index (κ1) is 16.4. The molecule has 8 heteroatoms. The summed E-state index contributed by atoms with van der Waals surface area (Å²) in [4.78, 5) is 0. The molecule has 1 saturated heterocycles. The molecule has 0 bridgehead atoms. The molecule has 1 aromatic carbocycles. The molecule has 1 fully saturated rings. The number of nitrogens with zero attached hydrogens (tertiary/aromatic N) is 1. The van der Waals surface area contributed by atoms with Gasteiger partial charge in [-0.15, -0.1) is 0 Å². The van der Waals surface area contributed by atoms with E-state index in [9.17, 15) is 16.8 Å². The minimum Gasteiger partial charge on any atom is -0.285 e. The molecule has 2 rings (SSSR count). The molecule has 1 aliphatic rings. The minimum absolute atomic E-state index is 0.280. The van der Waals surface area contributed by atoms with Crippen LogP contribution in [0.15, 0.2) is 24.3 Å². The maximum Gasteiger partial charge on any atom is 0.269 e. The van der Waals surface area contributed by atoms with Crippen LogP contribution in [0.3, 0.4) is 0 Å². The maximum atomic E-state index is 11.5. The van der Waals surface area contributed by atoms with Crippen molar-refractivity contribution in [2.24, 2.45) is 0 Å². The molecule has 0 spiro atoms. The topological polar surface area (TPSA) is 91.8 Å². The zero-order valence-electron chi connectivity index (χ0n) is 11.8. The molecule has 0 amide bonds. The summed E-state index contributed by atoms with van der Waals surface area (Å²) in [6, 6.07) is 7.07. The van der Waals surface area contributed by atoms with Gasteiger partial charge in [0.15, 0.2) is 0 Å². The van der Waals surface area contributed by atoms with Crippen LogP contribution in [0.1, 0.15) is 29.9 Å². The molecular weight excluding hydrogens is 314 g/mol. The fraction of sp³-hybridized carbons (Fsp3) is 0.538. The summed E-state index contributed by atoms with van der Waals surface area (Å²) in [7, 11) is -7.13. The molecule has 0 atom stereocenters. The van der Waals surface area contributed by atoms with Gasteiger partial charge in [0.05, 0.1) is 6.26 Å². The van der Waals surface area contributed by atoms with Gasteiger partial charge in [0.2, 0.25) is 10.0 Å². The third kappa shape index (κ3) is 4.77. The van der Waals surface area contributed by atoms with Crippen molar-refractivity contribution in [3.8, 4) is 0 Å². The van der Waals surface area contributed by atoms with E-state index in [-0.39, 0.29) is 11.7 Å². The fourth-order valence-corrected chi connectivity index (χ4v) is 4.11. The lowest BCUT2D eigenvalue weighted by Gasteiger charge is -2.30. The highest BCUT2D eigenvalue weighted by Crippen LogP contribution is 2.29. The Morgan fingerprint density at radius 1 is 1.10 bits per heavy atom. The first-order valence-corrected chi connectivity index (χ1v) is 10.1. The van der Waals surface area contributed by atoms with E-state index in [1.54, 1.807) is 12.1 Å².